The van der Waals surface area contributed by atoms with Gasteiger partial charge in [0, 0.05) is 34.3 Å². The summed E-state index contributed by atoms with van der Waals surface area (Å²) in [5.74, 6) is 0.455. The van der Waals surface area contributed by atoms with Gasteiger partial charge < -0.3 is 9.73 Å². The molecule has 9 heteroatoms. The van der Waals surface area contributed by atoms with E-state index in [0.717, 1.165) is 12.0 Å². The molecule has 3 aromatic rings. The summed E-state index contributed by atoms with van der Waals surface area (Å²) in [4.78, 5) is 29.2. The summed E-state index contributed by atoms with van der Waals surface area (Å²) in [7, 11) is 0. The van der Waals surface area contributed by atoms with Crippen molar-refractivity contribution in [2.45, 2.75) is 26.2 Å². The normalized spacial score (nSPS) is 14.2. The summed E-state index contributed by atoms with van der Waals surface area (Å²) < 4.78 is 5.86. The first kappa shape index (κ1) is 21.1. The lowest BCUT2D eigenvalue weighted by molar-refractivity contribution is 0.0953. The number of fused-ring (bicyclic) bond motifs is 1. The number of halogens is 2. The van der Waals surface area contributed by atoms with Gasteiger partial charge in [0.05, 0.1) is 10.7 Å². The number of nitrogens with zero attached hydrogens (tertiary/aromatic N) is 2. The summed E-state index contributed by atoms with van der Waals surface area (Å²) in [6.07, 6.45) is 3.59. The van der Waals surface area contributed by atoms with Crippen molar-refractivity contribution in [1.29, 1.82) is 0 Å². The largest absolute Gasteiger partial charge is 0.455 e. The number of rotatable bonds is 4. The highest BCUT2D eigenvalue weighted by atomic mass is 35.5. The SMILES string of the molecule is Cc1c(C(=O)Nc2ccc(Cl)cn2)oc2c1/C(=N/NC(=O)c1cccc(Cl)c1)CCC2. The predicted molar refractivity (Wildman–Crippen MR) is 119 cm³/mol. The smallest absolute Gasteiger partial charge is 0.292 e. The number of aromatic nitrogens is 1. The summed E-state index contributed by atoms with van der Waals surface area (Å²) in [5, 5.41) is 7.96. The quantitative estimate of drug-likeness (QED) is 0.538. The molecule has 0 atom stereocenters. The molecule has 0 saturated carbocycles. The molecule has 0 aliphatic heterocycles. The van der Waals surface area contributed by atoms with Crippen molar-refractivity contribution in [2.75, 3.05) is 5.32 Å². The van der Waals surface area contributed by atoms with E-state index in [1.165, 1.54) is 6.20 Å². The van der Waals surface area contributed by atoms with Crippen molar-refractivity contribution in [1.82, 2.24) is 10.4 Å². The first-order valence-electron chi connectivity index (χ1n) is 9.60. The van der Waals surface area contributed by atoms with Crippen molar-refractivity contribution in [3.63, 3.8) is 0 Å². The predicted octanol–water partition coefficient (Wildman–Crippen LogP) is 5.01. The van der Waals surface area contributed by atoms with Gasteiger partial charge in [-0.25, -0.2) is 10.4 Å². The average Bonchev–Trinajstić information content (AvgIpc) is 3.11. The number of pyridine rings is 1. The van der Waals surface area contributed by atoms with Crippen LogP contribution < -0.4 is 10.7 Å². The Hall–Kier alpha value is -3.16. The van der Waals surface area contributed by atoms with Gasteiger partial charge in [-0.05, 0) is 50.1 Å². The van der Waals surface area contributed by atoms with E-state index in [1.54, 1.807) is 43.3 Å². The molecule has 0 unspecified atom stereocenters. The number of anilines is 1. The maximum atomic E-state index is 12.7. The van der Waals surface area contributed by atoms with Gasteiger partial charge in [0.15, 0.2) is 5.76 Å². The minimum Gasteiger partial charge on any atom is -0.455 e. The lowest BCUT2D eigenvalue weighted by atomic mass is 9.93. The summed E-state index contributed by atoms with van der Waals surface area (Å²) in [5.41, 5.74) is 5.07. The summed E-state index contributed by atoms with van der Waals surface area (Å²) in [6.45, 7) is 1.80. The Morgan fingerprint density at radius 3 is 2.68 bits per heavy atom. The Bertz CT molecular complexity index is 1190. The molecular weight excluding hydrogens is 439 g/mol. The molecule has 4 rings (SSSR count). The molecular formula is C22H18Cl2N4O3. The molecule has 1 aromatic carbocycles. The van der Waals surface area contributed by atoms with Crippen LogP contribution in [-0.2, 0) is 6.42 Å². The second kappa shape index (κ2) is 8.91. The van der Waals surface area contributed by atoms with Gasteiger partial charge in [-0.2, -0.15) is 5.10 Å². The van der Waals surface area contributed by atoms with E-state index in [9.17, 15) is 9.59 Å². The first-order chi connectivity index (χ1) is 14.9. The van der Waals surface area contributed by atoms with Gasteiger partial charge in [0.25, 0.3) is 11.8 Å². The number of nitrogens with one attached hydrogen (secondary N) is 2. The Labute approximate surface area is 188 Å². The maximum absolute atomic E-state index is 12.7. The van der Waals surface area contributed by atoms with E-state index in [4.69, 9.17) is 27.6 Å². The zero-order valence-corrected chi connectivity index (χ0v) is 18.0. The molecule has 0 bridgehead atoms. The number of aryl methyl sites for hydroxylation is 1. The zero-order chi connectivity index (χ0) is 22.0. The molecule has 2 aromatic heterocycles. The van der Waals surface area contributed by atoms with E-state index in [-0.39, 0.29) is 11.7 Å². The fraction of sp³-hybridized carbons (Fsp3) is 0.182. The number of carbonyl (C=O) groups excluding carboxylic acids is 2. The second-order valence-electron chi connectivity index (χ2n) is 7.03. The van der Waals surface area contributed by atoms with Crippen LogP contribution in [0.2, 0.25) is 10.0 Å². The third-order valence-electron chi connectivity index (χ3n) is 4.88. The molecule has 1 aliphatic rings. The number of hydrogen-bond acceptors (Lipinski definition) is 5. The molecule has 0 spiro atoms. The van der Waals surface area contributed by atoms with Crippen LogP contribution in [0.25, 0.3) is 0 Å². The van der Waals surface area contributed by atoms with Crippen molar-refractivity contribution >= 4 is 46.5 Å². The molecule has 0 saturated heterocycles. The summed E-state index contributed by atoms with van der Waals surface area (Å²) >= 11 is 11.8. The second-order valence-corrected chi connectivity index (χ2v) is 7.91. The van der Waals surface area contributed by atoms with Crippen molar-refractivity contribution in [3.05, 3.63) is 80.9 Å². The zero-order valence-electron chi connectivity index (χ0n) is 16.5. The number of benzene rings is 1. The Kier molecular flexibility index (Phi) is 6.06. The monoisotopic (exact) mass is 456 g/mol. The third kappa shape index (κ3) is 4.62. The van der Waals surface area contributed by atoms with Gasteiger partial charge in [-0.15, -0.1) is 0 Å². The first-order valence-corrected chi connectivity index (χ1v) is 10.4. The minimum absolute atomic E-state index is 0.192. The van der Waals surface area contributed by atoms with Crippen LogP contribution in [0.3, 0.4) is 0 Å². The van der Waals surface area contributed by atoms with Gasteiger partial charge in [-0.3, -0.25) is 9.59 Å². The van der Waals surface area contributed by atoms with Crippen LogP contribution in [0.15, 0.2) is 52.1 Å². The average molecular weight is 457 g/mol. The fourth-order valence-electron chi connectivity index (χ4n) is 3.43. The number of hydrazone groups is 1. The number of amides is 2. The van der Waals surface area contributed by atoms with Crippen LogP contribution in [-0.4, -0.2) is 22.5 Å². The lowest BCUT2D eigenvalue weighted by Gasteiger charge is -2.13. The van der Waals surface area contributed by atoms with E-state index < -0.39 is 5.91 Å². The fourth-order valence-corrected chi connectivity index (χ4v) is 3.73. The third-order valence-corrected chi connectivity index (χ3v) is 5.34. The van der Waals surface area contributed by atoms with Crippen molar-refractivity contribution < 1.29 is 14.0 Å². The molecule has 7 nitrogen and oxygen atoms in total. The van der Waals surface area contributed by atoms with Crippen LogP contribution in [0.4, 0.5) is 5.82 Å². The molecule has 2 amide bonds. The van der Waals surface area contributed by atoms with Gasteiger partial charge in [-0.1, -0.05) is 29.3 Å². The van der Waals surface area contributed by atoms with E-state index in [2.05, 4.69) is 20.8 Å². The van der Waals surface area contributed by atoms with Crippen molar-refractivity contribution in [3.8, 4) is 0 Å². The standard InChI is InChI=1S/C22H18Cl2N4O3/c1-12-19-16(27-28-21(29)13-4-2-5-14(23)10-13)6-3-7-17(19)31-20(12)22(30)26-18-9-8-15(24)11-25-18/h2,4-5,8-11H,3,6-7H2,1H3,(H,28,29)(H,25,26,30)/b27-16+. The molecule has 31 heavy (non-hydrogen) atoms. The molecule has 0 radical (unpaired) electrons. The Balaban J connectivity index is 1.56. The highest BCUT2D eigenvalue weighted by Crippen LogP contribution is 2.30. The molecule has 2 N–H and O–H groups in total. The number of hydrogen-bond donors (Lipinski definition) is 2. The van der Waals surface area contributed by atoms with Crippen LogP contribution in [0.5, 0.6) is 0 Å². The topological polar surface area (TPSA) is 96.6 Å². The Morgan fingerprint density at radius 1 is 1.10 bits per heavy atom. The molecule has 158 valence electrons. The maximum Gasteiger partial charge on any atom is 0.292 e. The lowest BCUT2D eigenvalue weighted by Crippen LogP contribution is -2.22. The number of furan rings is 1. The van der Waals surface area contributed by atoms with Gasteiger partial charge in [0.1, 0.15) is 11.6 Å². The highest BCUT2D eigenvalue weighted by Gasteiger charge is 2.28. The van der Waals surface area contributed by atoms with E-state index >= 15 is 0 Å². The van der Waals surface area contributed by atoms with Crippen molar-refractivity contribution in [2.24, 2.45) is 5.10 Å². The number of carbonyl (C=O) groups is 2. The van der Waals surface area contributed by atoms with Gasteiger partial charge >= 0.3 is 0 Å². The van der Waals surface area contributed by atoms with Crippen LogP contribution in [0, 0.1) is 6.92 Å². The molecule has 0 fully saturated rings. The molecule has 1 aliphatic carbocycles. The minimum atomic E-state index is -0.413. The summed E-state index contributed by atoms with van der Waals surface area (Å²) in [6, 6.07) is 9.86. The highest BCUT2D eigenvalue weighted by molar-refractivity contribution is 6.31. The Morgan fingerprint density at radius 2 is 1.94 bits per heavy atom. The van der Waals surface area contributed by atoms with Crippen LogP contribution >= 0.6 is 23.2 Å². The van der Waals surface area contributed by atoms with Gasteiger partial charge in [0.2, 0.25) is 0 Å². The van der Waals surface area contributed by atoms with Crippen LogP contribution in [0.1, 0.15) is 50.6 Å². The van der Waals surface area contributed by atoms with E-state index in [0.29, 0.717) is 51.3 Å². The molecule has 2 heterocycles. The van der Waals surface area contributed by atoms with E-state index in [1.807, 2.05) is 0 Å².